The van der Waals surface area contributed by atoms with Gasteiger partial charge in [0.05, 0.1) is 29.6 Å². The molecule has 0 aliphatic carbocycles. The summed E-state index contributed by atoms with van der Waals surface area (Å²) in [6, 6.07) is 25.6. The minimum atomic E-state index is -1.01. The van der Waals surface area contributed by atoms with E-state index in [4.69, 9.17) is 15.3 Å². The van der Waals surface area contributed by atoms with E-state index in [0.29, 0.717) is 6.42 Å². The molecule has 1 N–H and O–H groups in total. The fraction of sp³-hybridized carbons (Fsp3) is 0.200. The van der Waals surface area contributed by atoms with Crippen molar-refractivity contribution in [3.63, 3.8) is 0 Å². The van der Waals surface area contributed by atoms with Gasteiger partial charge in [0.25, 0.3) is 0 Å². The van der Waals surface area contributed by atoms with Gasteiger partial charge in [0.1, 0.15) is 0 Å². The Morgan fingerprint density at radius 2 is 1.49 bits per heavy atom. The van der Waals surface area contributed by atoms with Crippen molar-refractivity contribution < 1.29 is 14.7 Å². The smallest absolute Gasteiger partial charge is 0.303 e. The zero-order valence-corrected chi connectivity index (χ0v) is 20.8. The Bertz CT molecular complexity index is 1460. The number of carbonyl (C=O) groups is 2. The zero-order valence-electron chi connectivity index (χ0n) is 20.8. The van der Waals surface area contributed by atoms with Gasteiger partial charge in [-0.1, -0.05) is 77.9 Å². The molecule has 0 spiro atoms. The Labute approximate surface area is 215 Å². The van der Waals surface area contributed by atoms with E-state index < -0.39 is 12.0 Å². The zero-order chi connectivity index (χ0) is 25.9. The van der Waals surface area contributed by atoms with E-state index in [2.05, 4.69) is 0 Å². The monoisotopic (exact) mass is 492 g/mol. The second-order valence-corrected chi connectivity index (χ2v) is 9.34. The van der Waals surface area contributed by atoms with Crippen LogP contribution >= 0.6 is 0 Å². The minimum absolute atomic E-state index is 0.122. The maximum absolute atomic E-state index is 13.3. The second kappa shape index (κ2) is 10.2. The molecule has 37 heavy (non-hydrogen) atoms. The van der Waals surface area contributed by atoms with Crippen molar-refractivity contribution in [2.75, 3.05) is 0 Å². The molecule has 1 aliphatic heterocycles. The third kappa shape index (κ3) is 5.21. The lowest BCUT2D eigenvalue weighted by Crippen LogP contribution is -2.27. The van der Waals surface area contributed by atoms with Crippen LogP contribution < -0.4 is 0 Å². The fourth-order valence-electron chi connectivity index (χ4n) is 4.51. The molecule has 7 nitrogen and oxygen atoms in total. The first-order valence-corrected chi connectivity index (χ1v) is 12.3. The lowest BCUT2D eigenvalue weighted by molar-refractivity contribution is -0.141. The number of hydrazone groups is 1. The maximum atomic E-state index is 13.3. The first-order chi connectivity index (χ1) is 17.9. The minimum Gasteiger partial charge on any atom is -0.481 e. The normalized spacial score (nSPS) is 15.0. The van der Waals surface area contributed by atoms with Gasteiger partial charge in [-0.25, -0.2) is 9.69 Å². The summed E-state index contributed by atoms with van der Waals surface area (Å²) in [5.74, 6) is -1.33. The number of aliphatic carboxylic acids is 1. The first-order valence-electron chi connectivity index (χ1n) is 12.3. The topological polar surface area (TPSA) is 87.8 Å². The van der Waals surface area contributed by atoms with Crippen molar-refractivity contribution in [1.29, 1.82) is 0 Å². The number of benzene rings is 3. The van der Waals surface area contributed by atoms with E-state index in [-0.39, 0.29) is 18.7 Å². The predicted octanol–water partition coefficient (Wildman–Crippen LogP) is 5.70. The van der Waals surface area contributed by atoms with Crippen molar-refractivity contribution in [2.45, 2.75) is 39.2 Å². The summed E-state index contributed by atoms with van der Waals surface area (Å²) >= 11 is 0. The number of aryl methyl sites for hydroxylation is 2. The van der Waals surface area contributed by atoms with Gasteiger partial charge in [0.15, 0.2) is 0 Å². The molecule has 5 rings (SSSR count). The van der Waals surface area contributed by atoms with Crippen molar-refractivity contribution >= 4 is 17.6 Å². The highest BCUT2D eigenvalue weighted by atomic mass is 16.4. The fourth-order valence-corrected chi connectivity index (χ4v) is 4.51. The molecule has 1 aliphatic rings. The number of hydrogen-bond acceptors (Lipinski definition) is 4. The standard InChI is InChI=1S/C30H28N4O3/c1-20-8-12-22(13-9-20)26-18-27(34(31-26)28(35)16-17-29(36)37)25-19-33(24-6-4-3-5-7-24)32-30(25)23-14-10-21(2)11-15-23/h3-15,19,27H,16-18H2,1-2H3,(H,36,37)/t27-/m1/s1. The number of aromatic nitrogens is 2. The van der Waals surface area contributed by atoms with Crippen LogP contribution in [0.1, 0.15) is 47.6 Å². The highest BCUT2D eigenvalue weighted by molar-refractivity contribution is 6.03. The number of carboxylic acids is 1. The van der Waals surface area contributed by atoms with E-state index in [1.54, 1.807) is 0 Å². The van der Waals surface area contributed by atoms with Gasteiger partial charge in [0, 0.05) is 30.2 Å². The molecule has 0 radical (unpaired) electrons. The Kier molecular flexibility index (Phi) is 6.68. The quantitative estimate of drug-likeness (QED) is 0.359. The van der Waals surface area contributed by atoms with Gasteiger partial charge in [-0.05, 0) is 31.5 Å². The molecule has 0 unspecified atom stereocenters. The molecule has 1 aromatic heterocycles. The van der Waals surface area contributed by atoms with Crippen LogP contribution in [-0.2, 0) is 9.59 Å². The van der Waals surface area contributed by atoms with Crippen LogP contribution in [0.2, 0.25) is 0 Å². The Morgan fingerprint density at radius 3 is 2.11 bits per heavy atom. The van der Waals surface area contributed by atoms with E-state index in [9.17, 15) is 9.59 Å². The van der Waals surface area contributed by atoms with Crippen LogP contribution in [0.15, 0.2) is 90.2 Å². The van der Waals surface area contributed by atoms with Crippen molar-refractivity contribution in [1.82, 2.24) is 14.8 Å². The summed E-state index contributed by atoms with van der Waals surface area (Å²) in [6.45, 7) is 4.06. The lowest BCUT2D eigenvalue weighted by Gasteiger charge is -2.21. The average molecular weight is 493 g/mol. The van der Waals surface area contributed by atoms with E-state index in [0.717, 1.165) is 44.9 Å². The largest absolute Gasteiger partial charge is 0.481 e. The average Bonchev–Trinajstić information content (AvgIpc) is 3.54. The molecule has 3 aromatic carbocycles. The number of carbonyl (C=O) groups excluding carboxylic acids is 1. The molecular weight excluding hydrogens is 464 g/mol. The molecule has 2 heterocycles. The molecular formula is C30H28N4O3. The molecule has 0 saturated heterocycles. The third-order valence-corrected chi connectivity index (χ3v) is 6.55. The predicted molar refractivity (Wildman–Crippen MR) is 143 cm³/mol. The number of hydrogen-bond donors (Lipinski definition) is 1. The Hall–Kier alpha value is -4.52. The molecule has 0 bridgehead atoms. The maximum Gasteiger partial charge on any atom is 0.303 e. The van der Waals surface area contributed by atoms with Crippen LogP contribution in [0.3, 0.4) is 0 Å². The summed E-state index contributed by atoms with van der Waals surface area (Å²) < 4.78 is 1.83. The molecule has 0 fully saturated rings. The lowest BCUT2D eigenvalue weighted by atomic mass is 9.95. The number of amides is 1. The summed E-state index contributed by atoms with van der Waals surface area (Å²) in [6.07, 6.45) is 2.09. The van der Waals surface area contributed by atoms with Crippen molar-refractivity contribution in [2.24, 2.45) is 5.10 Å². The van der Waals surface area contributed by atoms with Crippen LogP contribution in [0.4, 0.5) is 0 Å². The number of nitrogens with zero attached hydrogens (tertiary/aromatic N) is 4. The van der Waals surface area contributed by atoms with Crippen LogP contribution in [0.5, 0.6) is 0 Å². The second-order valence-electron chi connectivity index (χ2n) is 9.34. The molecule has 1 atom stereocenters. The molecule has 7 heteroatoms. The summed E-state index contributed by atoms with van der Waals surface area (Å²) in [4.78, 5) is 24.5. The molecule has 186 valence electrons. The molecule has 0 saturated carbocycles. The van der Waals surface area contributed by atoms with Crippen LogP contribution in [0.25, 0.3) is 16.9 Å². The number of para-hydroxylation sites is 1. The summed E-state index contributed by atoms with van der Waals surface area (Å²) in [5.41, 5.74) is 7.49. The van der Waals surface area contributed by atoms with E-state index in [1.807, 2.05) is 104 Å². The SMILES string of the molecule is Cc1ccc(C2=NN(C(=O)CCC(=O)O)[C@@H](c3cn(-c4ccccc4)nc3-c3ccc(C)cc3)C2)cc1. The highest BCUT2D eigenvalue weighted by Gasteiger charge is 2.36. The van der Waals surface area contributed by atoms with E-state index in [1.165, 1.54) is 5.01 Å². The summed E-state index contributed by atoms with van der Waals surface area (Å²) in [7, 11) is 0. The van der Waals surface area contributed by atoms with Gasteiger partial charge >= 0.3 is 5.97 Å². The van der Waals surface area contributed by atoms with Crippen LogP contribution in [0, 0.1) is 13.8 Å². The van der Waals surface area contributed by atoms with Gasteiger partial charge in [-0.3, -0.25) is 9.59 Å². The van der Waals surface area contributed by atoms with Gasteiger partial charge < -0.3 is 5.11 Å². The number of rotatable bonds is 7. The van der Waals surface area contributed by atoms with Gasteiger partial charge in [-0.15, -0.1) is 0 Å². The number of carboxylic acid groups (broad SMARTS) is 1. The summed E-state index contributed by atoms with van der Waals surface area (Å²) in [5, 5.41) is 20.3. The Morgan fingerprint density at radius 1 is 0.865 bits per heavy atom. The third-order valence-electron chi connectivity index (χ3n) is 6.55. The van der Waals surface area contributed by atoms with Crippen LogP contribution in [-0.4, -0.2) is 37.5 Å². The van der Waals surface area contributed by atoms with Crippen molar-refractivity contribution in [3.05, 3.63) is 107 Å². The van der Waals surface area contributed by atoms with Gasteiger partial charge in [-0.2, -0.15) is 10.2 Å². The molecule has 1 amide bonds. The highest BCUT2D eigenvalue weighted by Crippen LogP contribution is 2.38. The van der Waals surface area contributed by atoms with Crippen molar-refractivity contribution in [3.8, 4) is 16.9 Å². The first kappa shape index (κ1) is 24.2. The Balaban J connectivity index is 1.60. The van der Waals surface area contributed by atoms with E-state index >= 15 is 0 Å². The molecule has 4 aromatic rings. The van der Waals surface area contributed by atoms with Gasteiger partial charge in [0.2, 0.25) is 5.91 Å².